The Labute approximate surface area is 111 Å². The van der Waals surface area contributed by atoms with Gasteiger partial charge in [-0.15, -0.1) is 12.4 Å². The van der Waals surface area contributed by atoms with E-state index in [9.17, 15) is 9.59 Å². The van der Waals surface area contributed by atoms with Gasteiger partial charge in [0.1, 0.15) is 5.78 Å². The molecule has 0 amide bonds. The van der Waals surface area contributed by atoms with Crippen molar-refractivity contribution in [1.29, 1.82) is 0 Å². The summed E-state index contributed by atoms with van der Waals surface area (Å²) in [6, 6.07) is 0. The van der Waals surface area contributed by atoms with Crippen LogP contribution in [0.4, 0.5) is 0 Å². The smallest absolute Gasteiger partial charge is 0.152 e. The van der Waals surface area contributed by atoms with Gasteiger partial charge in [0.2, 0.25) is 0 Å². The Morgan fingerprint density at radius 1 is 1.12 bits per heavy atom. The summed E-state index contributed by atoms with van der Waals surface area (Å²) in [4.78, 5) is 25.1. The van der Waals surface area contributed by atoms with Gasteiger partial charge in [-0.3, -0.25) is 14.5 Å². The largest absolute Gasteiger partial charge is 0.298 e. The number of Topliss-reactive ketones (excluding diaryl/α,β-unsaturated/α-hetero) is 2. The Bertz CT molecular complexity index is 257. The van der Waals surface area contributed by atoms with E-state index in [1.54, 1.807) is 4.90 Å². The van der Waals surface area contributed by atoms with Crippen LogP contribution in [0.2, 0.25) is 0 Å². The molecule has 0 saturated heterocycles. The average Bonchev–Trinajstić information content (AvgIpc) is 1.98. The second-order valence-electron chi connectivity index (χ2n) is 5.98. The van der Waals surface area contributed by atoms with Gasteiger partial charge in [-0.1, -0.05) is 34.6 Å². The molecule has 0 aromatic rings. The Kier molecular flexibility index (Phi) is 8.72. The van der Waals surface area contributed by atoms with Crippen LogP contribution < -0.4 is 0 Å². The predicted molar refractivity (Wildman–Crippen MR) is 73.7 cm³/mol. The van der Waals surface area contributed by atoms with E-state index in [-0.39, 0.29) is 29.4 Å². The Morgan fingerprint density at radius 3 is 1.94 bits per heavy atom. The first-order chi connectivity index (χ1) is 7.12. The minimum atomic E-state index is -0.324. The minimum Gasteiger partial charge on any atom is -0.298 e. The standard InChI is InChI=1S/C13H25NO2.ClH/c1-10(2)7-11(15)8-14(6)9-12(16)13(3,4)5;/h10H,7-9H2,1-6H3;1H. The molecule has 0 aliphatic carbocycles. The third-order valence-electron chi connectivity index (χ3n) is 2.33. The monoisotopic (exact) mass is 263 g/mol. The maximum absolute atomic E-state index is 11.7. The molecule has 0 radical (unpaired) electrons. The summed E-state index contributed by atoms with van der Waals surface area (Å²) in [5.41, 5.74) is -0.324. The van der Waals surface area contributed by atoms with Gasteiger partial charge in [-0.05, 0) is 13.0 Å². The third kappa shape index (κ3) is 9.31. The van der Waals surface area contributed by atoms with Crippen LogP contribution in [-0.4, -0.2) is 36.6 Å². The molecule has 3 nitrogen and oxygen atoms in total. The molecule has 0 aromatic carbocycles. The first-order valence-electron chi connectivity index (χ1n) is 5.86. The highest BCUT2D eigenvalue weighted by Gasteiger charge is 2.22. The van der Waals surface area contributed by atoms with E-state index >= 15 is 0 Å². The number of hydrogen-bond acceptors (Lipinski definition) is 3. The summed E-state index contributed by atoms with van der Waals surface area (Å²) in [5, 5.41) is 0. The first-order valence-corrected chi connectivity index (χ1v) is 5.86. The third-order valence-corrected chi connectivity index (χ3v) is 2.33. The van der Waals surface area contributed by atoms with Gasteiger partial charge in [-0.25, -0.2) is 0 Å². The van der Waals surface area contributed by atoms with Crippen molar-refractivity contribution in [3.8, 4) is 0 Å². The quantitative estimate of drug-likeness (QED) is 0.739. The maximum atomic E-state index is 11.7. The Hall–Kier alpha value is -0.410. The van der Waals surface area contributed by atoms with E-state index < -0.39 is 0 Å². The number of nitrogens with zero attached hydrogens (tertiary/aromatic N) is 1. The van der Waals surface area contributed by atoms with Crippen LogP contribution in [0.15, 0.2) is 0 Å². The molecule has 0 bridgehead atoms. The topological polar surface area (TPSA) is 37.4 Å². The predicted octanol–water partition coefficient (Wildman–Crippen LogP) is 2.57. The molecule has 102 valence electrons. The van der Waals surface area contributed by atoms with Crippen molar-refractivity contribution in [3.63, 3.8) is 0 Å². The molecule has 0 fully saturated rings. The van der Waals surface area contributed by atoms with Crippen LogP contribution >= 0.6 is 12.4 Å². The van der Waals surface area contributed by atoms with Gasteiger partial charge in [0, 0.05) is 11.8 Å². The van der Waals surface area contributed by atoms with Crippen LogP contribution in [0.1, 0.15) is 41.0 Å². The lowest BCUT2D eigenvalue weighted by molar-refractivity contribution is -0.128. The van der Waals surface area contributed by atoms with Crippen LogP contribution in [0.25, 0.3) is 0 Å². The zero-order chi connectivity index (χ0) is 12.9. The summed E-state index contributed by atoms with van der Waals surface area (Å²) in [6.45, 7) is 10.5. The van der Waals surface area contributed by atoms with E-state index in [2.05, 4.69) is 0 Å². The molecule has 0 spiro atoms. The zero-order valence-electron chi connectivity index (χ0n) is 11.9. The SMILES string of the molecule is CC(C)CC(=O)CN(C)CC(=O)C(C)(C)C.Cl. The Morgan fingerprint density at radius 2 is 1.59 bits per heavy atom. The molecule has 0 unspecified atom stereocenters. The highest BCUT2D eigenvalue weighted by atomic mass is 35.5. The van der Waals surface area contributed by atoms with E-state index in [0.29, 0.717) is 25.4 Å². The number of carbonyl (C=O) groups is 2. The lowest BCUT2D eigenvalue weighted by Crippen LogP contribution is -2.36. The van der Waals surface area contributed by atoms with Crippen LogP contribution in [0.5, 0.6) is 0 Å². The van der Waals surface area contributed by atoms with Crippen molar-refractivity contribution in [1.82, 2.24) is 4.90 Å². The summed E-state index contributed by atoms with van der Waals surface area (Å²) in [5.74, 6) is 0.769. The van der Waals surface area contributed by atoms with Crippen LogP contribution in [0.3, 0.4) is 0 Å². The molecular weight excluding hydrogens is 238 g/mol. The normalized spacial score (nSPS) is 11.5. The maximum Gasteiger partial charge on any atom is 0.152 e. The lowest BCUT2D eigenvalue weighted by atomic mass is 9.90. The lowest BCUT2D eigenvalue weighted by Gasteiger charge is -2.22. The van der Waals surface area contributed by atoms with Gasteiger partial charge < -0.3 is 0 Å². The second kappa shape index (κ2) is 7.83. The molecule has 0 aliphatic heterocycles. The number of likely N-dealkylation sites (N-methyl/N-ethyl adjacent to an activating group) is 1. The van der Waals surface area contributed by atoms with Crippen LogP contribution in [-0.2, 0) is 9.59 Å². The van der Waals surface area contributed by atoms with Crippen molar-refractivity contribution in [2.24, 2.45) is 11.3 Å². The fraction of sp³-hybridized carbons (Fsp3) is 0.846. The molecule has 0 N–H and O–H groups in total. The van der Waals surface area contributed by atoms with Crippen LogP contribution in [0, 0.1) is 11.3 Å². The summed E-state index contributed by atoms with van der Waals surface area (Å²) in [6.07, 6.45) is 0.591. The minimum absolute atomic E-state index is 0. The number of halogens is 1. The number of ketones is 2. The van der Waals surface area contributed by atoms with Crippen molar-refractivity contribution < 1.29 is 9.59 Å². The van der Waals surface area contributed by atoms with Gasteiger partial charge in [-0.2, -0.15) is 0 Å². The van der Waals surface area contributed by atoms with Crippen molar-refractivity contribution in [2.75, 3.05) is 20.1 Å². The highest BCUT2D eigenvalue weighted by molar-refractivity contribution is 5.86. The average molecular weight is 264 g/mol. The molecule has 0 aliphatic rings. The molecule has 0 saturated carbocycles. The van der Waals surface area contributed by atoms with E-state index in [1.807, 2.05) is 41.7 Å². The number of rotatable bonds is 6. The molecule has 4 heteroatoms. The highest BCUT2D eigenvalue weighted by Crippen LogP contribution is 2.14. The van der Waals surface area contributed by atoms with Crippen molar-refractivity contribution >= 4 is 24.0 Å². The van der Waals surface area contributed by atoms with Gasteiger partial charge in [0.05, 0.1) is 13.1 Å². The molecule has 0 aromatic heterocycles. The van der Waals surface area contributed by atoms with E-state index in [0.717, 1.165) is 0 Å². The summed E-state index contributed by atoms with van der Waals surface area (Å²) >= 11 is 0. The zero-order valence-corrected chi connectivity index (χ0v) is 12.7. The molecule has 0 heterocycles. The number of carbonyl (C=O) groups excluding carboxylic acids is 2. The van der Waals surface area contributed by atoms with Gasteiger partial charge >= 0.3 is 0 Å². The van der Waals surface area contributed by atoms with Gasteiger partial charge in [0.25, 0.3) is 0 Å². The van der Waals surface area contributed by atoms with Gasteiger partial charge in [0.15, 0.2) is 5.78 Å². The molecule has 0 rings (SSSR count). The number of hydrogen-bond donors (Lipinski definition) is 0. The first kappa shape index (κ1) is 18.9. The summed E-state index contributed by atoms with van der Waals surface area (Å²) < 4.78 is 0. The summed E-state index contributed by atoms with van der Waals surface area (Å²) in [7, 11) is 1.82. The van der Waals surface area contributed by atoms with E-state index in [4.69, 9.17) is 0 Å². The molecule has 17 heavy (non-hydrogen) atoms. The van der Waals surface area contributed by atoms with Crippen molar-refractivity contribution in [2.45, 2.75) is 41.0 Å². The van der Waals surface area contributed by atoms with E-state index in [1.165, 1.54) is 0 Å². The Balaban J connectivity index is 0. The molecular formula is C13H26ClNO2. The molecule has 0 atom stereocenters. The second-order valence-corrected chi connectivity index (χ2v) is 5.98. The van der Waals surface area contributed by atoms with Crippen molar-refractivity contribution in [3.05, 3.63) is 0 Å². The fourth-order valence-electron chi connectivity index (χ4n) is 1.36. The fourth-order valence-corrected chi connectivity index (χ4v) is 1.36.